The molecule has 2 aromatic heterocycles. The first-order chi connectivity index (χ1) is 6.61. The minimum Gasteiger partial charge on any atom is -0.543 e. The standard InChI is InChI=1S/C10H10N2O2.Na/c1-5-6(2)12-9(10(13)14)8-7(5)3-4-11-8;/h3-4,11H,1-2H3,(H,13,14);/q;+1/p-1. The van der Waals surface area contributed by atoms with Gasteiger partial charge in [-0.25, -0.2) is 4.98 Å². The molecule has 0 aromatic carbocycles. The zero-order valence-electron chi connectivity index (χ0n) is 8.92. The van der Waals surface area contributed by atoms with Crippen molar-refractivity contribution in [2.24, 2.45) is 0 Å². The van der Waals surface area contributed by atoms with Gasteiger partial charge in [-0.15, -0.1) is 0 Å². The van der Waals surface area contributed by atoms with E-state index in [0.717, 1.165) is 16.6 Å². The average molecular weight is 212 g/mol. The first-order valence-electron chi connectivity index (χ1n) is 4.27. The van der Waals surface area contributed by atoms with Crippen LogP contribution < -0.4 is 34.7 Å². The summed E-state index contributed by atoms with van der Waals surface area (Å²) in [7, 11) is 0. The SMILES string of the molecule is Cc1nc(C(=O)[O-])c2[nH]ccc2c1C.[Na+]. The number of carboxylic acid groups (broad SMARTS) is 1. The van der Waals surface area contributed by atoms with Gasteiger partial charge in [-0.05, 0) is 25.5 Å². The molecular formula is C10H9N2NaO2. The van der Waals surface area contributed by atoms with Crippen molar-refractivity contribution in [1.82, 2.24) is 9.97 Å². The van der Waals surface area contributed by atoms with Crippen LogP contribution in [0.4, 0.5) is 0 Å². The minimum atomic E-state index is -1.25. The third-order valence-corrected chi connectivity index (χ3v) is 2.40. The number of H-pyrrole nitrogens is 1. The number of hydrogen-bond donors (Lipinski definition) is 1. The summed E-state index contributed by atoms with van der Waals surface area (Å²) in [5.41, 5.74) is 2.23. The van der Waals surface area contributed by atoms with Crippen molar-refractivity contribution >= 4 is 16.9 Å². The van der Waals surface area contributed by atoms with Gasteiger partial charge in [-0.3, -0.25) is 0 Å². The molecule has 5 heteroatoms. The molecule has 0 fully saturated rings. The van der Waals surface area contributed by atoms with Crippen LogP contribution in [0.2, 0.25) is 0 Å². The molecule has 4 nitrogen and oxygen atoms in total. The summed E-state index contributed by atoms with van der Waals surface area (Å²) in [6.45, 7) is 3.70. The molecule has 0 spiro atoms. The van der Waals surface area contributed by atoms with Crippen molar-refractivity contribution < 1.29 is 39.5 Å². The second-order valence-electron chi connectivity index (χ2n) is 3.22. The van der Waals surface area contributed by atoms with Crippen molar-refractivity contribution in [2.75, 3.05) is 0 Å². The van der Waals surface area contributed by atoms with Gasteiger partial charge in [0.15, 0.2) is 0 Å². The van der Waals surface area contributed by atoms with E-state index in [0.29, 0.717) is 5.52 Å². The minimum absolute atomic E-state index is 0. The van der Waals surface area contributed by atoms with E-state index in [1.807, 2.05) is 13.0 Å². The third kappa shape index (κ3) is 1.93. The quantitative estimate of drug-likeness (QED) is 0.533. The predicted octanol–water partition coefficient (Wildman–Crippen LogP) is -2.45. The van der Waals surface area contributed by atoms with Crippen LogP contribution in [0, 0.1) is 13.8 Å². The van der Waals surface area contributed by atoms with Gasteiger partial charge in [0.2, 0.25) is 0 Å². The zero-order chi connectivity index (χ0) is 10.3. The summed E-state index contributed by atoms with van der Waals surface area (Å²) in [4.78, 5) is 17.6. The number of aryl methyl sites for hydroxylation is 2. The second kappa shape index (κ2) is 4.35. The van der Waals surface area contributed by atoms with Gasteiger partial charge >= 0.3 is 29.6 Å². The number of nitrogens with zero attached hydrogens (tertiary/aromatic N) is 1. The summed E-state index contributed by atoms with van der Waals surface area (Å²) in [5.74, 6) is -1.25. The summed E-state index contributed by atoms with van der Waals surface area (Å²) < 4.78 is 0. The Morgan fingerprint density at radius 3 is 2.73 bits per heavy atom. The van der Waals surface area contributed by atoms with Crippen LogP contribution in [-0.4, -0.2) is 15.9 Å². The number of nitrogens with one attached hydrogen (secondary N) is 1. The Morgan fingerprint density at radius 1 is 1.47 bits per heavy atom. The van der Waals surface area contributed by atoms with E-state index < -0.39 is 5.97 Å². The van der Waals surface area contributed by atoms with Gasteiger partial charge in [0, 0.05) is 17.3 Å². The van der Waals surface area contributed by atoms with Gasteiger partial charge < -0.3 is 14.9 Å². The first-order valence-corrected chi connectivity index (χ1v) is 4.27. The smallest absolute Gasteiger partial charge is 0.543 e. The van der Waals surface area contributed by atoms with Gasteiger partial charge in [0.1, 0.15) is 5.69 Å². The van der Waals surface area contributed by atoms with Crippen molar-refractivity contribution in [3.05, 3.63) is 29.2 Å². The normalized spacial score (nSPS) is 10.0. The zero-order valence-corrected chi connectivity index (χ0v) is 10.9. The van der Waals surface area contributed by atoms with Crippen LogP contribution >= 0.6 is 0 Å². The van der Waals surface area contributed by atoms with Crippen LogP contribution in [0.25, 0.3) is 10.9 Å². The van der Waals surface area contributed by atoms with Gasteiger partial charge in [-0.1, -0.05) is 0 Å². The van der Waals surface area contributed by atoms with Crippen molar-refractivity contribution in [2.45, 2.75) is 13.8 Å². The molecule has 0 radical (unpaired) electrons. The van der Waals surface area contributed by atoms with Crippen LogP contribution in [0.1, 0.15) is 21.7 Å². The van der Waals surface area contributed by atoms with E-state index in [4.69, 9.17) is 0 Å². The van der Waals surface area contributed by atoms with Crippen LogP contribution in [0.5, 0.6) is 0 Å². The molecule has 1 N–H and O–H groups in total. The van der Waals surface area contributed by atoms with Crippen LogP contribution in [0.3, 0.4) is 0 Å². The van der Waals surface area contributed by atoms with Gasteiger partial charge in [0.25, 0.3) is 0 Å². The summed E-state index contributed by atoms with van der Waals surface area (Å²) in [5, 5.41) is 11.7. The molecule has 2 rings (SSSR count). The maximum atomic E-state index is 10.8. The van der Waals surface area contributed by atoms with E-state index in [1.165, 1.54) is 0 Å². The molecule has 0 atom stereocenters. The molecular weight excluding hydrogens is 203 g/mol. The monoisotopic (exact) mass is 212 g/mol. The third-order valence-electron chi connectivity index (χ3n) is 2.40. The molecule has 15 heavy (non-hydrogen) atoms. The topological polar surface area (TPSA) is 68.8 Å². The van der Waals surface area contributed by atoms with Gasteiger partial charge in [0.05, 0.1) is 11.5 Å². The Labute approximate surface area is 109 Å². The van der Waals surface area contributed by atoms with Crippen LogP contribution in [-0.2, 0) is 0 Å². The Bertz CT molecular complexity index is 519. The van der Waals surface area contributed by atoms with E-state index in [1.54, 1.807) is 13.1 Å². The molecule has 0 bridgehead atoms. The summed E-state index contributed by atoms with van der Waals surface area (Å²) in [6, 6.07) is 1.84. The van der Waals surface area contributed by atoms with E-state index in [9.17, 15) is 9.90 Å². The molecule has 2 heterocycles. The number of pyridine rings is 1. The Hall–Kier alpha value is -0.840. The average Bonchev–Trinajstić information content (AvgIpc) is 2.59. The molecule has 0 saturated carbocycles. The number of rotatable bonds is 1. The summed E-state index contributed by atoms with van der Waals surface area (Å²) in [6.07, 6.45) is 1.70. The van der Waals surface area contributed by atoms with E-state index >= 15 is 0 Å². The molecule has 0 unspecified atom stereocenters. The molecule has 2 aromatic rings. The number of aromatic carboxylic acids is 1. The Balaban J connectivity index is 0.00000112. The molecule has 0 saturated heterocycles. The maximum absolute atomic E-state index is 10.8. The van der Waals surface area contributed by atoms with Gasteiger partial charge in [-0.2, -0.15) is 0 Å². The summed E-state index contributed by atoms with van der Waals surface area (Å²) >= 11 is 0. The van der Waals surface area contributed by atoms with Crippen molar-refractivity contribution in [3.8, 4) is 0 Å². The molecule has 0 aliphatic rings. The predicted molar refractivity (Wildman–Crippen MR) is 49.9 cm³/mol. The maximum Gasteiger partial charge on any atom is 1.00 e. The number of aromatic amines is 1. The number of aromatic nitrogens is 2. The fourth-order valence-electron chi connectivity index (χ4n) is 1.53. The Kier molecular flexibility index (Phi) is 3.54. The molecule has 72 valence electrons. The fraction of sp³-hybridized carbons (Fsp3) is 0.200. The first kappa shape index (κ1) is 12.2. The number of fused-ring (bicyclic) bond motifs is 1. The number of carboxylic acids is 1. The molecule has 0 aliphatic heterocycles. The Morgan fingerprint density at radius 2 is 2.13 bits per heavy atom. The molecule has 0 aliphatic carbocycles. The largest absolute Gasteiger partial charge is 1.00 e. The fourth-order valence-corrected chi connectivity index (χ4v) is 1.53. The number of hydrogen-bond acceptors (Lipinski definition) is 3. The van der Waals surface area contributed by atoms with Crippen molar-refractivity contribution in [3.63, 3.8) is 0 Å². The second-order valence-corrected chi connectivity index (χ2v) is 3.22. The molecule has 0 amide bonds. The van der Waals surface area contributed by atoms with E-state index in [-0.39, 0.29) is 35.3 Å². The number of carbonyl (C=O) groups is 1. The van der Waals surface area contributed by atoms with Crippen molar-refractivity contribution in [1.29, 1.82) is 0 Å². The van der Waals surface area contributed by atoms with E-state index in [2.05, 4.69) is 9.97 Å². The van der Waals surface area contributed by atoms with Crippen LogP contribution in [0.15, 0.2) is 12.3 Å². The number of carbonyl (C=O) groups excluding carboxylic acids is 1.